The van der Waals surface area contributed by atoms with Gasteiger partial charge in [0.1, 0.15) is 5.69 Å². The average molecular weight is 277 g/mol. The van der Waals surface area contributed by atoms with E-state index in [1.807, 2.05) is 6.07 Å². The van der Waals surface area contributed by atoms with E-state index >= 15 is 0 Å². The quantitative estimate of drug-likeness (QED) is 0.629. The minimum Gasteiger partial charge on any atom is -0.481 e. The van der Waals surface area contributed by atoms with Gasteiger partial charge in [0.2, 0.25) is 0 Å². The highest BCUT2D eigenvalue weighted by Gasteiger charge is 2.22. The molecule has 0 aliphatic rings. The van der Waals surface area contributed by atoms with E-state index in [2.05, 4.69) is 0 Å². The molecule has 1 aromatic rings. The number of carboxylic acids is 1. The number of hydrogen-bond acceptors (Lipinski definition) is 5. The molecule has 0 aliphatic heterocycles. The SMILES string of the molecule is CCN(CC(C)C(=O)O)c1ccc(C#N)cc1[N+](=O)[O-]. The smallest absolute Gasteiger partial charge is 0.308 e. The maximum absolute atomic E-state index is 11.1. The van der Waals surface area contributed by atoms with Crippen molar-refractivity contribution in [1.82, 2.24) is 0 Å². The van der Waals surface area contributed by atoms with Crippen molar-refractivity contribution in [2.75, 3.05) is 18.0 Å². The lowest BCUT2D eigenvalue weighted by Crippen LogP contribution is -2.32. The van der Waals surface area contributed by atoms with E-state index < -0.39 is 16.8 Å². The topological polar surface area (TPSA) is 107 Å². The van der Waals surface area contributed by atoms with E-state index in [1.54, 1.807) is 18.7 Å². The largest absolute Gasteiger partial charge is 0.481 e. The number of nitro groups is 1. The molecule has 0 aromatic heterocycles. The Labute approximate surface area is 116 Å². The molecule has 0 heterocycles. The minimum absolute atomic E-state index is 0.165. The zero-order chi connectivity index (χ0) is 15.3. The number of anilines is 1. The van der Waals surface area contributed by atoms with Gasteiger partial charge in [-0.3, -0.25) is 14.9 Å². The Morgan fingerprint density at radius 3 is 2.70 bits per heavy atom. The molecular weight excluding hydrogens is 262 g/mol. The molecule has 0 radical (unpaired) electrons. The van der Waals surface area contributed by atoms with Crippen LogP contribution in [0, 0.1) is 27.4 Å². The first-order valence-corrected chi connectivity index (χ1v) is 6.07. The molecule has 0 saturated carbocycles. The Hall–Kier alpha value is -2.62. The van der Waals surface area contributed by atoms with Crippen molar-refractivity contribution in [1.29, 1.82) is 5.26 Å². The first-order valence-electron chi connectivity index (χ1n) is 6.07. The Bertz CT molecular complexity index is 565. The number of benzene rings is 1. The molecule has 7 nitrogen and oxygen atoms in total. The molecule has 106 valence electrons. The molecule has 0 aliphatic carbocycles. The van der Waals surface area contributed by atoms with E-state index in [0.717, 1.165) is 0 Å². The Morgan fingerprint density at radius 2 is 2.25 bits per heavy atom. The van der Waals surface area contributed by atoms with Crippen molar-refractivity contribution in [3.05, 3.63) is 33.9 Å². The number of rotatable bonds is 6. The normalized spacial score (nSPS) is 11.4. The van der Waals surface area contributed by atoms with Crippen LogP contribution in [0.25, 0.3) is 0 Å². The molecule has 0 spiro atoms. The lowest BCUT2D eigenvalue weighted by molar-refractivity contribution is -0.384. The van der Waals surface area contributed by atoms with E-state index in [1.165, 1.54) is 18.2 Å². The third-order valence-corrected chi connectivity index (χ3v) is 2.94. The fourth-order valence-corrected chi connectivity index (χ4v) is 1.81. The molecule has 1 atom stereocenters. The van der Waals surface area contributed by atoms with Crippen molar-refractivity contribution in [2.45, 2.75) is 13.8 Å². The fourth-order valence-electron chi connectivity index (χ4n) is 1.81. The molecular formula is C13H15N3O4. The van der Waals surface area contributed by atoms with Crippen LogP contribution in [0.3, 0.4) is 0 Å². The highest BCUT2D eigenvalue weighted by molar-refractivity contribution is 5.72. The summed E-state index contributed by atoms with van der Waals surface area (Å²) in [6, 6.07) is 6.01. The summed E-state index contributed by atoms with van der Waals surface area (Å²) in [7, 11) is 0. The van der Waals surface area contributed by atoms with E-state index in [4.69, 9.17) is 10.4 Å². The van der Waals surface area contributed by atoms with Gasteiger partial charge in [-0.05, 0) is 19.1 Å². The van der Waals surface area contributed by atoms with E-state index in [9.17, 15) is 14.9 Å². The first kappa shape index (κ1) is 15.4. The standard InChI is InChI=1S/C13H15N3O4/c1-3-15(8-9(2)13(17)18)11-5-4-10(7-14)6-12(11)16(19)20/h4-6,9H,3,8H2,1-2H3,(H,17,18). The summed E-state index contributed by atoms with van der Waals surface area (Å²) >= 11 is 0. The van der Waals surface area contributed by atoms with Crippen LogP contribution in [0.5, 0.6) is 0 Å². The molecule has 0 fully saturated rings. The second-order valence-corrected chi connectivity index (χ2v) is 4.35. The number of aliphatic carboxylic acids is 1. The van der Waals surface area contributed by atoms with Crippen molar-refractivity contribution in [3.63, 3.8) is 0 Å². The van der Waals surface area contributed by atoms with Gasteiger partial charge in [-0.15, -0.1) is 0 Å². The molecule has 1 N–H and O–H groups in total. The zero-order valence-electron chi connectivity index (χ0n) is 11.2. The lowest BCUT2D eigenvalue weighted by atomic mass is 10.1. The fraction of sp³-hybridized carbons (Fsp3) is 0.385. The summed E-state index contributed by atoms with van der Waals surface area (Å²) < 4.78 is 0. The van der Waals surface area contributed by atoms with E-state index in [0.29, 0.717) is 12.2 Å². The van der Waals surface area contributed by atoms with Crippen LogP contribution >= 0.6 is 0 Å². The summed E-state index contributed by atoms with van der Waals surface area (Å²) in [5.74, 6) is -1.61. The Balaban J connectivity index is 3.18. The Kier molecular flexibility index (Phi) is 5.03. The van der Waals surface area contributed by atoms with Crippen molar-refractivity contribution in [2.24, 2.45) is 5.92 Å². The van der Waals surface area contributed by atoms with Crippen molar-refractivity contribution in [3.8, 4) is 6.07 Å². The van der Waals surface area contributed by atoms with Gasteiger partial charge in [0.25, 0.3) is 5.69 Å². The lowest BCUT2D eigenvalue weighted by Gasteiger charge is -2.24. The second-order valence-electron chi connectivity index (χ2n) is 4.35. The van der Waals surface area contributed by atoms with Crippen molar-refractivity contribution < 1.29 is 14.8 Å². The minimum atomic E-state index is -0.959. The van der Waals surface area contributed by atoms with Gasteiger partial charge in [0.15, 0.2) is 0 Å². The number of nitro benzene ring substituents is 1. The Morgan fingerprint density at radius 1 is 1.60 bits per heavy atom. The summed E-state index contributed by atoms with van der Waals surface area (Å²) in [6.45, 7) is 3.93. The zero-order valence-corrected chi connectivity index (χ0v) is 11.2. The number of nitriles is 1. The molecule has 20 heavy (non-hydrogen) atoms. The van der Waals surface area contributed by atoms with Crippen molar-refractivity contribution >= 4 is 17.3 Å². The van der Waals surface area contributed by atoms with Crippen LogP contribution in [0.15, 0.2) is 18.2 Å². The highest BCUT2D eigenvalue weighted by Crippen LogP contribution is 2.29. The molecule has 0 bridgehead atoms. The molecule has 7 heteroatoms. The summed E-state index contributed by atoms with van der Waals surface area (Å²) in [5.41, 5.74) is 0.330. The third kappa shape index (κ3) is 3.45. The number of hydrogen-bond donors (Lipinski definition) is 1. The maximum Gasteiger partial charge on any atom is 0.308 e. The molecule has 1 aromatic carbocycles. The van der Waals surface area contributed by atoms with Crippen LogP contribution in [-0.4, -0.2) is 29.1 Å². The van der Waals surface area contributed by atoms with Crippen LogP contribution in [0.2, 0.25) is 0 Å². The van der Waals surface area contributed by atoms with Gasteiger partial charge in [-0.2, -0.15) is 5.26 Å². The number of carbonyl (C=O) groups is 1. The number of nitrogens with zero attached hydrogens (tertiary/aromatic N) is 3. The van der Waals surface area contributed by atoms with Crippen LogP contribution in [0.1, 0.15) is 19.4 Å². The maximum atomic E-state index is 11.1. The van der Waals surface area contributed by atoms with Gasteiger partial charge in [0, 0.05) is 19.2 Å². The third-order valence-electron chi connectivity index (χ3n) is 2.94. The summed E-state index contributed by atoms with van der Waals surface area (Å²) in [5, 5.41) is 28.8. The van der Waals surface area contributed by atoms with Gasteiger partial charge in [-0.25, -0.2) is 0 Å². The predicted octanol–water partition coefficient (Wildman–Crippen LogP) is 2.01. The summed E-state index contributed by atoms with van der Waals surface area (Å²) in [4.78, 5) is 23.0. The predicted molar refractivity (Wildman–Crippen MR) is 72.5 cm³/mol. The highest BCUT2D eigenvalue weighted by atomic mass is 16.6. The monoisotopic (exact) mass is 277 g/mol. The number of carboxylic acid groups (broad SMARTS) is 1. The molecule has 0 amide bonds. The molecule has 1 rings (SSSR count). The van der Waals surface area contributed by atoms with Gasteiger partial charge in [-0.1, -0.05) is 6.92 Å². The molecule has 1 unspecified atom stereocenters. The van der Waals surface area contributed by atoms with Crippen LogP contribution in [0.4, 0.5) is 11.4 Å². The molecule has 0 saturated heterocycles. The van der Waals surface area contributed by atoms with Crippen LogP contribution in [-0.2, 0) is 4.79 Å². The summed E-state index contributed by atoms with van der Waals surface area (Å²) in [6.07, 6.45) is 0. The van der Waals surface area contributed by atoms with E-state index in [-0.39, 0.29) is 17.8 Å². The van der Waals surface area contributed by atoms with Crippen LogP contribution < -0.4 is 4.90 Å². The van der Waals surface area contributed by atoms with Gasteiger partial charge >= 0.3 is 5.97 Å². The van der Waals surface area contributed by atoms with Gasteiger partial charge in [0.05, 0.1) is 22.5 Å². The second kappa shape index (κ2) is 6.52. The first-order chi connectivity index (χ1) is 9.40. The van der Waals surface area contributed by atoms with Gasteiger partial charge < -0.3 is 10.0 Å². The average Bonchev–Trinajstić information content (AvgIpc) is 2.43.